The number of nitrogens with two attached hydrogens (primary N) is 1. The lowest BCUT2D eigenvalue weighted by Crippen LogP contribution is -2.58. The Hall–Kier alpha value is -0.900. The molecule has 2 atom stereocenters. The molecule has 0 aromatic heterocycles. The van der Waals surface area contributed by atoms with E-state index < -0.39 is 0 Å². The second kappa shape index (κ2) is 5.84. The first-order valence-electron chi connectivity index (χ1n) is 7.92. The van der Waals surface area contributed by atoms with Gasteiger partial charge in [0.2, 0.25) is 0 Å². The molecule has 0 saturated heterocycles. The van der Waals surface area contributed by atoms with Gasteiger partial charge in [-0.15, -0.1) is 0 Å². The average Bonchev–Trinajstić information content (AvgIpc) is 2.86. The van der Waals surface area contributed by atoms with Gasteiger partial charge in [-0.1, -0.05) is 37.1 Å². The van der Waals surface area contributed by atoms with Crippen molar-refractivity contribution in [3.05, 3.63) is 35.4 Å². The molecule has 20 heavy (non-hydrogen) atoms. The van der Waals surface area contributed by atoms with E-state index in [1.807, 2.05) is 0 Å². The predicted molar refractivity (Wildman–Crippen MR) is 81.6 cm³/mol. The quantitative estimate of drug-likeness (QED) is 0.782. The fourth-order valence-electron chi connectivity index (χ4n) is 4.01. The van der Waals surface area contributed by atoms with Crippen molar-refractivity contribution in [3.8, 4) is 0 Å². The molecular weight excluding hydrogens is 248 g/mol. The highest BCUT2D eigenvalue weighted by Crippen LogP contribution is 2.33. The Morgan fingerprint density at radius 3 is 2.40 bits per heavy atom. The Bertz CT molecular complexity index is 435. The van der Waals surface area contributed by atoms with Gasteiger partial charge in [-0.05, 0) is 42.7 Å². The molecule has 1 aromatic carbocycles. The van der Waals surface area contributed by atoms with Crippen LogP contribution in [0.1, 0.15) is 36.8 Å². The molecule has 110 valence electrons. The van der Waals surface area contributed by atoms with Gasteiger partial charge in [-0.2, -0.15) is 0 Å². The summed E-state index contributed by atoms with van der Waals surface area (Å²) in [4.78, 5) is 0. The Morgan fingerprint density at radius 2 is 1.80 bits per heavy atom. The summed E-state index contributed by atoms with van der Waals surface area (Å²) >= 11 is 0. The fourth-order valence-corrected chi connectivity index (χ4v) is 4.01. The molecule has 0 heterocycles. The molecule has 0 radical (unpaired) electrons. The number of hydrogen-bond donors (Lipinski definition) is 3. The molecule has 1 aromatic rings. The van der Waals surface area contributed by atoms with Gasteiger partial charge in [0.05, 0.1) is 0 Å². The van der Waals surface area contributed by atoms with Crippen LogP contribution >= 0.6 is 0 Å². The summed E-state index contributed by atoms with van der Waals surface area (Å²) in [5, 5.41) is 13.4. The van der Waals surface area contributed by atoms with E-state index in [1.54, 1.807) is 0 Å². The lowest BCUT2D eigenvalue weighted by Gasteiger charge is -2.39. The summed E-state index contributed by atoms with van der Waals surface area (Å²) < 4.78 is 0. The zero-order valence-corrected chi connectivity index (χ0v) is 12.1. The third kappa shape index (κ3) is 2.62. The number of hydrogen-bond acceptors (Lipinski definition) is 3. The van der Waals surface area contributed by atoms with Crippen LogP contribution in [-0.4, -0.2) is 29.8 Å². The van der Waals surface area contributed by atoms with E-state index in [0.717, 1.165) is 19.3 Å². The van der Waals surface area contributed by atoms with Gasteiger partial charge >= 0.3 is 0 Å². The Kier molecular flexibility index (Phi) is 4.11. The van der Waals surface area contributed by atoms with E-state index in [4.69, 9.17) is 5.73 Å². The van der Waals surface area contributed by atoms with Crippen molar-refractivity contribution in [2.45, 2.75) is 50.1 Å². The largest absolute Gasteiger partial charge is 0.396 e. The van der Waals surface area contributed by atoms with Crippen molar-refractivity contribution >= 4 is 0 Å². The smallest absolute Gasteiger partial charge is 0.0474 e. The topological polar surface area (TPSA) is 58.3 Å². The van der Waals surface area contributed by atoms with Gasteiger partial charge < -0.3 is 16.2 Å². The molecule has 0 aliphatic heterocycles. The van der Waals surface area contributed by atoms with Gasteiger partial charge in [0.25, 0.3) is 0 Å². The van der Waals surface area contributed by atoms with Gasteiger partial charge in [-0.3, -0.25) is 0 Å². The number of aliphatic hydroxyl groups is 1. The van der Waals surface area contributed by atoms with Gasteiger partial charge in [0.15, 0.2) is 0 Å². The normalized spacial score (nSPS) is 28.3. The van der Waals surface area contributed by atoms with Crippen LogP contribution in [0.25, 0.3) is 0 Å². The first kappa shape index (κ1) is 14.1. The number of rotatable bonds is 4. The minimum absolute atomic E-state index is 0.000880. The molecule has 2 aliphatic carbocycles. The van der Waals surface area contributed by atoms with Crippen molar-refractivity contribution in [2.24, 2.45) is 11.7 Å². The van der Waals surface area contributed by atoms with Crippen LogP contribution in [-0.2, 0) is 12.8 Å². The van der Waals surface area contributed by atoms with Crippen molar-refractivity contribution in [2.75, 3.05) is 13.2 Å². The van der Waals surface area contributed by atoms with Crippen molar-refractivity contribution in [3.63, 3.8) is 0 Å². The zero-order valence-electron chi connectivity index (χ0n) is 12.1. The van der Waals surface area contributed by atoms with Gasteiger partial charge in [0.1, 0.15) is 0 Å². The van der Waals surface area contributed by atoms with Crippen molar-refractivity contribution in [1.29, 1.82) is 0 Å². The molecule has 0 amide bonds. The fraction of sp³-hybridized carbons (Fsp3) is 0.647. The second-order valence-corrected chi connectivity index (χ2v) is 6.58. The first-order chi connectivity index (χ1) is 9.76. The molecule has 2 unspecified atom stereocenters. The number of benzene rings is 1. The predicted octanol–water partition coefficient (Wildman–Crippen LogP) is 1.62. The monoisotopic (exact) mass is 274 g/mol. The van der Waals surface area contributed by atoms with Crippen LogP contribution < -0.4 is 11.1 Å². The molecule has 0 spiro atoms. The van der Waals surface area contributed by atoms with E-state index in [-0.39, 0.29) is 5.54 Å². The SMILES string of the molecule is NCC1(NC2CCCCC2CO)Cc2ccccc2C1. The standard InChI is InChI=1S/C17H26N2O/c18-12-17(9-13-5-1-2-6-14(13)10-17)19-16-8-4-3-7-15(16)11-20/h1-2,5-6,15-16,19-20H,3-4,7-12,18H2. The van der Waals surface area contributed by atoms with E-state index in [1.165, 1.54) is 30.4 Å². The van der Waals surface area contributed by atoms with Crippen LogP contribution in [0, 0.1) is 5.92 Å². The molecule has 3 heteroatoms. The Morgan fingerprint density at radius 1 is 1.15 bits per heavy atom. The summed E-state index contributed by atoms with van der Waals surface area (Å²) in [5.74, 6) is 0.399. The molecule has 4 N–H and O–H groups in total. The number of nitrogens with one attached hydrogen (secondary N) is 1. The van der Waals surface area contributed by atoms with Crippen molar-refractivity contribution in [1.82, 2.24) is 5.32 Å². The Labute approximate surface area is 121 Å². The van der Waals surface area contributed by atoms with Crippen LogP contribution in [0.5, 0.6) is 0 Å². The summed E-state index contributed by atoms with van der Waals surface area (Å²) in [6, 6.07) is 9.09. The highest BCUT2D eigenvalue weighted by atomic mass is 16.3. The average molecular weight is 274 g/mol. The lowest BCUT2D eigenvalue weighted by atomic mass is 9.82. The molecule has 1 saturated carbocycles. The zero-order chi connectivity index (χ0) is 14.0. The van der Waals surface area contributed by atoms with Crippen LogP contribution in [0.4, 0.5) is 0 Å². The Balaban J connectivity index is 1.75. The van der Waals surface area contributed by atoms with E-state index in [2.05, 4.69) is 29.6 Å². The maximum atomic E-state index is 9.59. The molecule has 3 rings (SSSR count). The molecule has 3 nitrogen and oxygen atoms in total. The lowest BCUT2D eigenvalue weighted by molar-refractivity contribution is 0.129. The first-order valence-corrected chi connectivity index (χ1v) is 7.92. The van der Waals surface area contributed by atoms with Gasteiger partial charge in [0, 0.05) is 24.7 Å². The van der Waals surface area contributed by atoms with Crippen molar-refractivity contribution < 1.29 is 5.11 Å². The number of fused-ring (bicyclic) bond motifs is 1. The van der Waals surface area contributed by atoms with Crippen LogP contribution in [0.15, 0.2) is 24.3 Å². The number of aliphatic hydroxyl groups excluding tert-OH is 1. The van der Waals surface area contributed by atoms with Crippen LogP contribution in [0.2, 0.25) is 0 Å². The van der Waals surface area contributed by atoms with E-state index in [0.29, 0.717) is 25.1 Å². The molecule has 2 aliphatic rings. The minimum Gasteiger partial charge on any atom is -0.396 e. The van der Waals surface area contributed by atoms with E-state index in [9.17, 15) is 5.11 Å². The summed E-state index contributed by atoms with van der Waals surface area (Å²) in [7, 11) is 0. The molecular formula is C17H26N2O. The maximum Gasteiger partial charge on any atom is 0.0474 e. The van der Waals surface area contributed by atoms with Gasteiger partial charge in [-0.25, -0.2) is 0 Å². The van der Waals surface area contributed by atoms with E-state index >= 15 is 0 Å². The molecule has 0 bridgehead atoms. The minimum atomic E-state index is -0.000880. The summed E-state index contributed by atoms with van der Waals surface area (Å²) in [5.41, 5.74) is 8.99. The highest BCUT2D eigenvalue weighted by molar-refractivity contribution is 5.36. The third-order valence-electron chi connectivity index (χ3n) is 5.20. The summed E-state index contributed by atoms with van der Waals surface area (Å²) in [6.45, 7) is 0.960. The maximum absolute atomic E-state index is 9.59. The van der Waals surface area contributed by atoms with Crippen LogP contribution in [0.3, 0.4) is 0 Å². The second-order valence-electron chi connectivity index (χ2n) is 6.58. The molecule has 1 fully saturated rings. The third-order valence-corrected chi connectivity index (χ3v) is 5.20. The summed E-state index contributed by atoms with van der Waals surface area (Å²) in [6.07, 6.45) is 6.87. The highest BCUT2D eigenvalue weighted by Gasteiger charge is 2.39.